The van der Waals surface area contributed by atoms with Crippen LogP contribution in [-0.2, 0) is 17.6 Å². The first kappa shape index (κ1) is 26.6. The van der Waals surface area contributed by atoms with Gasteiger partial charge in [-0.3, -0.25) is 14.5 Å². The van der Waals surface area contributed by atoms with Gasteiger partial charge in [-0.1, -0.05) is 78.4 Å². The Hall–Kier alpha value is -5.24. The Labute approximate surface area is 247 Å². The average Bonchev–Trinajstić information content (AvgIpc) is 3.51. The molecule has 5 aromatic rings. The lowest BCUT2D eigenvalue weighted by Gasteiger charge is -2.36. The first-order chi connectivity index (χ1) is 20.9. The molecule has 7 rings (SSSR count). The Bertz CT molecular complexity index is 1900. The molecule has 8 heteroatoms. The molecule has 214 valence electrons. The fourth-order valence-corrected chi connectivity index (χ4v) is 6.36. The molecule has 0 spiro atoms. The van der Waals surface area contributed by atoms with Gasteiger partial charge in [-0.2, -0.15) is 0 Å². The quantitative estimate of drug-likeness (QED) is 0.242. The van der Waals surface area contributed by atoms with Gasteiger partial charge in [0, 0.05) is 29.6 Å². The lowest BCUT2D eigenvalue weighted by atomic mass is 9.88. The lowest BCUT2D eigenvalue weighted by molar-refractivity contribution is -0.120. The number of aromatic nitrogens is 1. The number of hydrogen-bond donors (Lipinski definition) is 2. The highest BCUT2D eigenvalue weighted by molar-refractivity contribution is 6.24. The second-order valence-corrected chi connectivity index (χ2v) is 11.1. The van der Waals surface area contributed by atoms with Gasteiger partial charge in [0.15, 0.2) is 0 Å². The predicted molar refractivity (Wildman–Crippen MR) is 162 cm³/mol. The molecule has 0 aliphatic carbocycles. The summed E-state index contributed by atoms with van der Waals surface area (Å²) in [5.74, 6) is -1.14. The van der Waals surface area contributed by atoms with Gasteiger partial charge in [0.25, 0.3) is 11.8 Å². The van der Waals surface area contributed by atoms with E-state index in [4.69, 9.17) is 0 Å². The number of para-hydroxylation sites is 2. The van der Waals surface area contributed by atoms with Crippen molar-refractivity contribution in [3.05, 3.63) is 136 Å². The van der Waals surface area contributed by atoms with Crippen LogP contribution in [0.3, 0.4) is 0 Å². The van der Waals surface area contributed by atoms with E-state index in [-0.39, 0.29) is 29.5 Å². The minimum absolute atomic E-state index is 0.196. The normalized spacial score (nSPS) is 17.7. The van der Waals surface area contributed by atoms with Gasteiger partial charge in [0.1, 0.15) is 17.9 Å². The number of amides is 4. The third kappa shape index (κ3) is 4.46. The molecule has 2 aliphatic rings. The van der Waals surface area contributed by atoms with Gasteiger partial charge in [-0.05, 0) is 54.3 Å². The number of hydrogen-bond acceptors (Lipinski definition) is 3. The number of urea groups is 1. The van der Waals surface area contributed by atoms with E-state index in [1.807, 2.05) is 55.5 Å². The second-order valence-electron chi connectivity index (χ2n) is 11.1. The summed E-state index contributed by atoms with van der Waals surface area (Å²) in [5.41, 5.74) is 5.78. The van der Waals surface area contributed by atoms with E-state index >= 15 is 0 Å². The number of carbonyl (C=O) groups is 3. The summed E-state index contributed by atoms with van der Waals surface area (Å²) in [7, 11) is 0. The van der Waals surface area contributed by atoms with Crippen molar-refractivity contribution in [3.63, 3.8) is 0 Å². The Balaban J connectivity index is 1.24. The number of nitrogens with one attached hydrogen (secondary N) is 2. The standard InChI is InChI=1S/C35H29FN4O3/c1-21-14-16-23(17-15-21)32-31-26(24-9-3-6-12-28(24)38-31)20-30-34(42)40(35(43)39(30)32)29-13-7-4-10-25(29)33(41)37-19-18-22-8-2-5-11-27(22)36/h2-17,30,32,38H,18-20H2,1H3,(H,37,41)/t30-,32?/m0/s1. The van der Waals surface area contributed by atoms with Gasteiger partial charge >= 0.3 is 6.03 Å². The van der Waals surface area contributed by atoms with Crippen molar-refractivity contribution in [2.45, 2.75) is 31.8 Å². The number of halogens is 1. The Kier molecular flexibility index (Phi) is 6.54. The number of benzene rings is 4. The summed E-state index contributed by atoms with van der Waals surface area (Å²) < 4.78 is 14.1. The van der Waals surface area contributed by atoms with Gasteiger partial charge in [0.2, 0.25) is 0 Å². The van der Waals surface area contributed by atoms with Gasteiger partial charge in [-0.25, -0.2) is 14.1 Å². The van der Waals surface area contributed by atoms with Crippen molar-refractivity contribution in [2.24, 2.45) is 0 Å². The summed E-state index contributed by atoms with van der Waals surface area (Å²) in [6, 6.07) is 27.3. The number of fused-ring (bicyclic) bond motifs is 4. The van der Waals surface area contributed by atoms with Crippen molar-refractivity contribution in [1.82, 2.24) is 15.2 Å². The summed E-state index contributed by atoms with van der Waals surface area (Å²) >= 11 is 0. The molecule has 43 heavy (non-hydrogen) atoms. The third-order valence-electron chi connectivity index (χ3n) is 8.47. The van der Waals surface area contributed by atoms with E-state index in [2.05, 4.69) is 10.3 Å². The monoisotopic (exact) mass is 572 g/mol. The molecule has 7 nitrogen and oxygen atoms in total. The fourth-order valence-electron chi connectivity index (χ4n) is 6.36. The molecule has 2 N–H and O–H groups in total. The van der Waals surface area contributed by atoms with Crippen LogP contribution in [0.5, 0.6) is 0 Å². The first-order valence-electron chi connectivity index (χ1n) is 14.4. The molecule has 2 atom stereocenters. The number of nitrogens with zero attached hydrogens (tertiary/aromatic N) is 2. The molecule has 0 radical (unpaired) electrons. The lowest BCUT2D eigenvalue weighted by Crippen LogP contribution is -2.44. The maximum atomic E-state index is 14.3. The van der Waals surface area contributed by atoms with Crippen LogP contribution in [0.2, 0.25) is 0 Å². The minimum Gasteiger partial charge on any atom is -0.356 e. The smallest absolute Gasteiger partial charge is 0.332 e. The molecule has 1 fully saturated rings. The molecule has 2 aliphatic heterocycles. The van der Waals surface area contributed by atoms with Crippen LogP contribution in [0.1, 0.15) is 44.3 Å². The SMILES string of the molecule is Cc1ccc(C2c3[nH]c4ccccc4c3C[C@H]3C(=O)N(c4ccccc4C(=O)NCCc4ccccc4F)C(=O)N23)cc1. The van der Waals surface area contributed by atoms with E-state index in [1.165, 1.54) is 6.07 Å². The highest BCUT2D eigenvalue weighted by atomic mass is 19.1. The largest absolute Gasteiger partial charge is 0.356 e. The topological polar surface area (TPSA) is 85.5 Å². The fraction of sp³-hybridized carbons (Fsp3) is 0.171. The second kappa shape index (κ2) is 10.5. The Morgan fingerprint density at radius 3 is 2.47 bits per heavy atom. The summed E-state index contributed by atoms with van der Waals surface area (Å²) in [4.78, 5) is 48.1. The molecule has 1 unspecified atom stereocenters. The van der Waals surface area contributed by atoms with Crippen LogP contribution in [0.4, 0.5) is 14.9 Å². The number of aromatic amines is 1. The molecule has 0 bridgehead atoms. The first-order valence-corrected chi connectivity index (χ1v) is 14.4. The van der Waals surface area contributed by atoms with Crippen LogP contribution in [0.15, 0.2) is 97.1 Å². The zero-order valence-corrected chi connectivity index (χ0v) is 23.5. The van der Waals surface area contributed by atoms with Gasteiger partial charge < -0.3 is 10.3 Å². The maximum Gasteiger partial charge on any atom is 0.332 e. The molecule has 4 aromatic carbocycles. The number of rotatable bonds is 6. The Morgan fingerprint density at radius 2 is 1.65 bits per heavy atom. The summed E-state index contributed by atoms with van der Waals surface area (Å²) in [6.07, 6.45) is 0.668. The molecule has 1 saturated heterocycles. The number of anilines is 1. The van der Waals surface area contributed by atoms with Gasteiger partial charge in [0.05, 0.1) is 11.3 Å². The average molecular weight is 573 g/mol. The van der Waals surface area contributed by atoms with Crippen LogP contribution < -0.4 is 10.2 Å². The van der Waals surface area contributed by atoms with Gasteiger partial charge in [-0.15, -0.1) is 0 Å². The number of imide groups is 1. The Morgan fingerprint density at radius 1 is 0.930 bits per heavy atom. The number of carbonyl (C=O) groups excluding carboxylic acids is 3. The van der Waals surface area contributed by atoms with Crippen LogP contribution >= 0.6 is 0 Å². The molecular formula is C35H29FN4O3. The van der Waals surface area contributed by atoms with Crippen molar-refractivity contribution in [1.29, 1.82) is 0 Å². The zero-order chi connectivity index (χ0) is 29.7. The van der Waals surface area contributed by atoms with E-state index in [1.54, 1.807) is 47.4 Å². The van der Waals surface area contributed by atoms with Crippen LogP contribution in [0.25, 0.3) is 10.9 Å². The van der Waals surface area contributed by atoms with Crippen molar-refractivity contribution >= 4 is 34.4 Å². The summed E-state index contributed by atoms with van der Waals surface area (Å²) in [6.45, 7) is 2.20. The predicted octanol–water partition coefficient (Wildman–Crippen LogP) is 6.07. The molecular weight excluding hydrogens is 543 g/mol. The van der Waals surface area contributed by atoms with Crippen molar-refractivity contribution in [2.75, 3.05) is 11.4 Å². The van der Waals surface area contributed by atoms with E-state index in [0.717, 1.165) is 38.2 Å². The zero-order valence-electron chi connectivity index (χ0n) is 23.5. The van der Waals surface area contributed by atoms with E-state index in [9.17, 15) is 18.8 Å². The molecule has 1 aromatic heterocycles. The number of aryl methyl sites for hydroxylation is 1. The maximum absolute atomic E-state index is 14.3. The third-order valence-corrected chi connectivity index (χ3v) is 8.47. The minimum atomic E-state index is -0.734. The van der Waals surface area contributed by atoms with Crippen molar-refractivity contribution < 1.29 is 18.8 Å². The summed E-state index contributed by atoms with van der Waals surface area (Å²) in [5, 5.41) is 3.86. The highest BCUT2D eigenvalue weighted by Gasteiger charge is 2.53. The highest BCUT2D eigenvalue weighted by Crippen LogP contribution is 2.45. The number of H-pyrrole nitrogens is 1. The van der Waals surface area contributed by atoms with Crippen LogP contribution in [0, 0.1) is 12.7 Å². The van der Waals surface area contributed by atoms with E-state index in [0.29, 0.717) is 18.4 Å². The molecule has 3 heterocycles. The molecule has 4 amide bonds. The molecule has 0 saturated carbocycles. The van der Waals surface area contributed by atoms with Crippen molar-refractivity contribution in [3.8, 4) is 0 Å². The van der Waals surface area contributed by atoms with E-state index < -0.39 is 24.0 Å². The van der Waals surface area contributed by atoms with Crippen LogP contribution in [-0.4, -0.2) is 40.3 Å².